The minimum Gasteiger partial charge on any atom is -0.497 e. The third-order valence-electron chi connectivity index (χ3n) is 5.43. The lowest BCUT2D eigenvalue weighted by atomic mass is 10.2. The van der Waals surface area contributed by atoms with Gasteiger partial charge in [0.2, 0.25) is 0 Å². The van der Waals surface area contributed by atoms with Crippen LogP contribution in [0.4, 0.5) is 0 Å². The topological polar surface area (TPSA) is 78.3 Å². The Morgan fingerprint density at radius 1 is 1.06 bits per heavy atom. The predicted molar refractivity (Wildman–Crippen MR) is 128 cm³/mol. The van der Waals surface area contributed by atoms with E-state index in [9.17, 15) is 4.79 Å². The Balaban J connectivity index is 1.41. The number of pyridine rings is 1. The van der Waals surface area contributed by atoms with Gasteiger partial charge in [-0.3, -0.25) is 9.78 Å². The van der Waals surface area contributed by atoms with Crippen molar-refractivity contribution in [3.63, 3.8) is 0 Å². The van der Waals surface area contributed by atoms with Crippen molar-refractivity contribution in [2.24, 2.45) is 0 Å². The molecule has 0 aliphatic rings. The molecule has 4 rings (SSSR count). The molecule has 0 aliphatic heterocycles. The number of methoxy groups -OCH3 is 1. The van der Waals surface area contributed by atoms with Gasteiger partial charge in [-0.2, -0.15) is 0 Å². The number of nitrogens with zero attached hydrogens (tertiary/aromatic N) is 3. The standard InChI is InChI=1S/C26H28N4O3/c1-19(28-26(31)20-9-8-14-27-18-20)25-29-23-12-3-4-13-24(23)30(25)15-5-6-16-33-22-11-7-10-21(17-22)32-2/h3-4,7-14,17-19H,5-6,15-16H2,1-2H3,(H,28,31). The molecule has 1 unspecified atom stereocenters. The van der Waals surface area contributed by atoms with E-state index in [2.05, 4.69) is 20.9 Å². The van der Waals surface area contributed by atoms with Gasteiger partial charge in [0.25, 0.3) is 5.91 Å². The average molecular weight is 445 g/mol. The number of aromatic nitrogens is 3. The molecule has 1 N–H and O–H groups in total. The van der Waals surface area contributed by atoms with E-state index in [4.69, 9.17) is 14.5 Å². The smallest absolute Gasteiger partial charge is 0.253 e. The summed E-state index contributed by atoms with van der Waals surface area (Å²) in [6, 6.07) is 18.9. The normalized spacial score (nSPS) is 11.8. The van der Waals surface area contributed by atoms with Gasteiger partial charge in [-0.15, -0.1) is 0 Å². The molecule has 1 atom stereocenters. The van der Waals surface area contributed by atoms with Gasteiger partial charge < -0.3 is 19.4 Å². The highest BCUT2D eigenvalue weighted by Crippen LogP contribution is 2.23. The number of para-hydroxylation sites is 2. The summed E-state index contributed by atoms with van der Waals surface area (Å²) >= 11 is 0. The van der Waals surface area contributed by atoms with Crippen molar-refractivity contribution < 1.29 is 14.3 Å². The molecule has 170 valence electrons. The van der Waals surface area contributed by atoms with Gasteiger partial charge >= 0.3 is 0 Å². The number of aryl methyl sites for hydroxylation is 1. The molecule has 7 nitrogen and oxygen atoms in total. The van der Waals surface area contributed by atoms with E-state index in [1.165, 1.54) is 0 Å². The summed E-state index contributed by atoms with van der Waals surface area (Å²) in [5.41, 5.74) is 2.51. The number of imidazole rings is 1. The van der Waals surface area contributed by atoms with Gasteiger partial charge in [0.05, 0.1) is 36.4 Å². The molecule has 2 aromatic carbocycles. The molecule has 0 radical (unpaired) electrons. The number of hydrogen-bond donors (Lipinski definition) is 1. The van der Waals surface area contributed by atoms with Gasteiger partial charge in [0, 0.05) is 25.0 Å². The number of fused-ring (bicyclic) bond motifs is 1. The van der Waals surface area contributed by atoms with Crippen molar-refractivity contribution in [2.75, 3.05) is 13.7 Å². The molecule has 0 aliphatic carbocycles. The Morgan fingerprint density at radius 3 is 2.73 bits per heavy atom. The fraction of sp³-hybridized carbons (Fsp3) is 0.269. The molecule has 1 amide bonds. The molecule has 2 aromatic heterocycles. The third kappa shape index (κ3) is 5.49. The summed E-state index contributed by atoms with van der Waals surface area (Å²) in [6.45, 7) is 3.35. The third-order valence-corrected chi connectivity index (χ3v) is 5.43. The molecule has 4 aromatic rings. The highest BCUT2D eigenvalue weighted by molar-refractivity contribution is 5.94. The fourth-order valence-corrected chi connectivity index (χ4v) is 3.75. The maximum Gasteiger partial charge on any atom is 0.253 e. The minimum absolute atomic E-state index is 0.166. The molecule has 0 saturated heterocycles. The van der Waals surface area contributed by atoms with Gasteiger partial charge in [0.1, 0.15) is 17.3 Å². The van der Waals surface area contributed by atoms with Crippen LogP contribution in [0.5, 0.6) is 11.5 Å². The Bertz CT molecular complexity index is 1210. The Kier molecular flexibility index (Phi) is 7.19. The van der Waals surface area contributed by atoms with Crippen LogP contribution in [0.1, 0.15) is 42.0 Å². The van der Waals surface area contributed by atoms with E-state index in [0.29, 0.717) is 12.2 Å². The number of benzene rings is 2. The second-order valence-corrected chi connectivity index (χ2v) is 7.78. The summed E-state index contributed by atoms with van der Waals surface area (Å²) in [6.07, 6.45) is 5.02. The summed E-state index contributed by atoms with van der Waals surface area (Å²) in [5.74, 6) is 2.25. The Hall–Kier alpha value is -3.87. The van der Waals surface area contributed by atoms with Crippen LogP contribution >= 0.6 is 0 Å². The molecule has 2 heterocycles. The first kappa shape index (κ1) is 22.3. The van der Waals surface area contributed by atoms with Crippen LogP contribution in [0, 0.1) is 0 Å². The lowest BCUT2D eigenvalue weighted by molar-refractivity contribution is 0.0937. The SMILES string of the molecule is COc1cccc(OCCCCn2c(C(C)NC(=O)c3cccnc3)nc3ccccc32)c1. The number of carbonyl (C=O) groups excluding carboxylic acids is 1. The first-order valence-corrected chi connectivity index (χ1v) is 11.1. The van der Waals surface area contributed by atoms with Crippen LogP contribution in [0.25, 0.3) is 11.0 Å². The summed E-state index contributed by atoms with van der Waals surface area (Å²) in [7, 11) is 1.65. The number of ether oxygens (including phenoxy) is 2. The van der Waals surface area contributed by atoms with E-state index >= 15 is 0 Å². The summed E-state index contributed by atoms with van der Waals surface area (Å²) in [5, 5.41) is 3.05. The van der Waals surface area contributed by atoms with E-state index in [-0.39, 0.29) is 11.9 Å². The van der Waals surface area contributed by atoms with Gasteiger partial charge in [-0.05, 0) is 56.2 Å². The Morgan fingerprint density at radius 2 is 1.91 bits per heavy atom. The maximum absolute atomic E-state index is 12.6. The van der Waals surface area contributed by atoms with E-state index in [1.54, 1.807) is 31.6 Å². The minimum atomic E-state index is -0.252. The molecule has 0 fully saturated rings. The number of hydrogen-bond acceptors (Lipinski definition) is 5. The zero-order chi connectivity index (χ0) is 23.0. The van der Waals surface area contributed by atoms with Crippen molar-refractivity contribution in [2.45, 2.75) is 32.4 Å². The number of nitrogens with one attached hydrogen (secondary N) is 1. The Labute approximate surface area is 193 Å². The molecular formula is C26H28N4O3. The predicted octanol–water partition coefficient (Wildman–Crippen LogP) is 4.79. The highest BCUT2D eigenvalue weighted by atomic mass is 16.5. The highest BCUT2D eigenvalue weighted by Gasteiger charge is 2.19. The molecular weight excluding hydrogens is 416 g/mol. The molecule has 33 heavy (non-hydrogen) atoms. The van der Waals surface area contributed by atoms with Gasteiger partial charge in [-0.1, -0.05) is 18.2 Å². The zero-order valence-electron chi connectivity index (χ0n) is 18.9. The summed E-state index contributed by atoms with van der Waals surface area (Å²) in [4.78, 5) is 21.5. The summed E-state index contributed by atoms with van der Waals surface area (Å²) < 4.78 is 13.3. The quantitative estimate of drug-likeness (QED) is 0.356. The monoisotopic (exact) mass is 444 g/mol. The van der Waals surface area contributed by atoms with Crippen LogP contribution in [0.3, 0.4) is 0 Å². The fourth-order valence-electron chi connectivity index (χ4n) is 3.75. The zero-order valence-corrected chi connectivity index (χ0v) is 18.9. The molecule has 0 spiro atoms. The van der Waals surface area contributed by atoms with E-state index in [1.807, 2.05) is 49.4 Å². The number of unbranched alkanes of at least 4 members (excludes halogenated alkanes) is 1. The molecule has 0 saturated carbocycles. The van der Waals surface area contributed by atoms with Crippen molar-refractivity contribution in [1.82, 2.24) is 19.9 Å². The lowest BCUT2D eigenvalue weighted by Crippen LogP contribution is -2.28. The first-order chi connectivity index (χ1) is 16.2. The maximum atomic E-state index is 12.6. The average Bonchev–Trinajstić information content (AvgIpc) is 3.23. The van der Waals surface area contributed by atoms with Crippen molar-refractivity contribution in [3.8, 4) is 11.5 Å². The van der Waals surface area contributed by atoms with Gasteiger partial charge in [0.15, 0.2) is 0 Å². The van der Waals surface area contributed by atoms with Crippen LogP contribution < -0.4 is 14.8 Å². The first-order valence-electron chi connectivity index (χ1n) is 11.1. The second kappa shape index (κ2) is 10.6. The lowest BCUT2D eigenvalue weighted by Gasteiger charge is -2.16. The van der Waals surface area contributed by atoms with Crippen LogP contribution in [-0.4, -0.2) is 34.2 Å². The van der Waals surface area contributed by atoms with Crippen LogP contribution in [0.15, 0.2) is 73.1 Å². The van der Waals surface area contributed by atoms with Crippen LogP contribution in [-0.2, 0) is 6.54 Å². The molecule has 7 heteroatoms. The number of rotatable bonds is 10. The van der Waals surface area contributed by atoms with Crippen molar-refractivity contribution in [3.05, 3.63) is 84.4 Å². The largest absolute Gasteiger partial charge is 0.497 e. The van der Waals surface area contributed by atoms with E-state index in [0.717, 1.165) is 47.7 Å². The van der Waals surface area contributed by atoms with Crippen molar-refractivity contribution in [1.29, 1.82) is 0 Å². The van der Waals surface area contributed by atoms with Crippen LogP contribution in [0.2, 0.25) is 0 Å². The molecule has 0 bridgehead atoms. The van der Waals surface area contributed by atoms with Crippen molar-refractivity contribution >= 4 is 16.9 Å². The second-order valence-electron chi connectivity index (χ2n) is 7.78. The van der Waals surface area contributed by atoms with Gasteiger partial charge in [-0.25, -0.2) is 4.98 Å². The number of amides is 1. The van der Waals surface area contributed by atoms with E-state index < -0.39 is 0 Å². The number of carbonyl (C=O) groups is 1.